The van der Waals surface area contributed by atoms with Crippen molar-refractivity contribution in [3.05, 3.63) is 83.4 Å². The molecule has 0 bridgehead atoms. The molecule has 0 aliphatic heterocycles. The monoisotopic (exact) mass is 276 g/mol. The molecule has 0 amide bonds. The van der Waals surface area contributed by atoms with Crippen molar-refractivity contribution in [2.45, 2.75) is 12.8 Å². The zero-order valence-electron chi connectivity index (χ0n) is 11.8. The lowest BCUT2D eigenvalue weighted by Crippen LogP contribution is -2.07. The summed E-state index contributed by atoms with van der Waals surface area (Å²) in [5.41, 5.74) is 2.38. The van der Waals surface area contributed by atoms with Gasteiger partial charge >= 0.3 is 5.97 Å². The largest absolute Gasteiger partial charge is 0.478 e. The van der Waals surface area contributed by atoms with E-state index in [1.807, 2.05) is 73.7 Å². The number of carboxylic acid groups (broad SMARTS) is 1. The maximum absolute atomic E-state index is 11.8. The highest BCUT2D eigenvalue weighted by Crippen LogP contribution is 2.31. The van der Waals surface area contributed by atoms with Crippen LogP contribution in [0.5, 0.6) is 0 Å². The summed E-state index contributed by atoms with van der Waals surface area (Å²) < 4.78 is 0. The second-order valence-electron chi connectivity index (χ2n) is 5.19. The van der Waals surface area contributed by atoms with E-state index >= 15 is 0 Å². The fourth-order valence-corrected chi connectivity index (χ4v) is 2.81. The number of benzene rings is 3. The van der Waals surface area contributed by atoms with Gasteiger partial charge in [-0.25, -0.2) is 4.79 Å². The van der Waals surface area contributed by atoms with E-state index in [0.717, 1.165) is 21.9 Å². The highest BCUT2D eigenvalue weighted by Gasteiger charge is 2.19. The molecular weight excluding hydrogens is 260 g/mol. The highest BCUT2D eigenvalue weighted by molar-refractivity contribution is 6.05. The van der Waals surface area contributed by atoms with E-state index in [4.69, 9.17) is 0 Å². The molecule has 0 saturated heterocycles. The average molecular weight is 276 g/mol. The molecule has 1 atom stereocenters. The third kappa shape index (κ3) is 2.40. The molecule has 0 aromatic heterocycles. The molecule has 2 nitrogen and oxygen atoms in total. The van der Waals surface area contributed by atoms with Crippen molar-refractivity contribution in [1.82, 2.24) is 0 Å². The van der Waals surface area contributed by atoms with Gasteiger partial charge in [-0.05, 0) is 21.9 Å². The SMILES string of the molecule is C[C@H](c1ccccc1)c1ccc2ccccc2c1C(=O)O. The minimum Gasteiger partial charge on any atom is -0.478 e. The molecule has 3 aromatic carbocycles. The van der Waals surface area contributed by atoms with Crippen molar-refractivity contribution in [2.75, 3.05) is 0 Å². The molecule has 0 radical (unpaired) electrons. The lowest BCUT2D eigenvalue weighted by atomic mass is 9.87. The maximum Gasteiger partial charge on any atom is 0.336 e. The van der Waals surface area contributed by atoms with Crippen LogP contribution in [0.2, 0.25) is 0 Å². The Kier molecular flexibility index (Phi) is 3.44. The van der Waals surface area contributed by atoms with E-state index in [9.17, 15) is 9.90 Å². The third-order valence-electron chi connectivity index (χ3n) is 3.94. The van der Waals surface area contributed by atoms with Gasteiger partial charge in [-0.15, -0.1) is 0 Å². The van der Waals surface area contributed by atoms with Crippen LogP contribution in [0.3, 0.4) is 0 Å². The van der Waals surface area contributed by atoms with E-state index in [0.29, 0.717) is 5.56 Å². The maximum atomic E-state index is 11.8. The zero-order valence-corrected chi connectivity index (χ0v) is 11.8. The molecular formula is C19H16O2. The van der Waals surface area contributed by atoms with Gasteiger partial charge in [0.05, 0.1) is 5.56 Å². The second-order valence-corrected chi connectivity index (χ2v) is 5.19. The molecule has 0 fully saturated rings. The van der Waals surface area contributed by atoms with Gasteiger partial charge in [0.1, 0.15) is 0 Å². The van der Waals surface area contributed by atoms with Crippen LogP contribution in [-0.2, 0) is 0 Å². The van der Waals surface area contributed by atoms with Crippen LogP contribution in [0.1, 0.15) is 34.3 Å². The number of hydrogen-bond donors (Lipinski definition) is 1. The summed E-state index contributed by atoms with van der Waals surface area (Å²) in [6.07, 6.45) is 0. The second kappa shape index (κ2) is 5.41. The first kappa shape index (κ1) is 13.4. The third-order valence-corrected chi connectivity index (χ3v) is 3.94. The normalized spacial score (nSPS) is 12.2. The quantitative estimate of drug-likeness (QED) is 0.753. The first-order chi connectivity index (χ1) is 10.2. The predicted molar refractivity (Wildman–Crippen MR) is 84.9 cm³/mol. The van der Waals surface area contributed by atoms with Gasteiger partial charge in [0.25, 0.3) is 0 Å². The lowest BCUT2D eigenvalue weighted by Gasteiger charge is -2.17. The van der Waals surface area contributed by atoms with Gasteiger partial charge in [0, 0.05) is 5.92 Å². The first-order valence-electron chi connectivity index (χ1n) is 6.98. The molecule has 3 aromatic rings. The van der Waals surface area contributed by atoms with Crippen molar-refractivity contribution >= 4 is 16.7 Å². The molecule has 0 saturated carbocycles. The Morgan fingerprint density at radius 3 is 2.29 bits per heavy atom. The fourth-order valence-electron chi connectivity index (χ4n) is 2.81. The van der Waals surface area contributed by atoms with Crippen molar-refractivity contribution < 1.29 is 9.90 Å². The molecule has 1 N–H and O–H groups in total. The van der Waals surface area contributed by atoms with Gasteiger partial charge in [-0.2, -0.15) is 0 Å². The number of hydrogen-bond acceptors (Lipinski definition) is 1. The molecule has 0 aliphatic rings. The number of rotatable bonds is 3. The molecule has 2 heteroatoms. The minimum absolute atomic E-state index is 0.0434. The standard InChI is InChI=1S/C19H16O2/c1-13(14-7-3-2-4-8-14)16-12-11-15-9-5-6-10-17(15)18(16)19(20)21/h2-13H,1H3,(H,20,21)/t13-/m1/s1. The van der Waals surface area contributed by atoms with E-state index < -0.39 is 5.97 Å². The van der Waals surface area contributed by atoms with Crippen LogP contribution < -0.4 is 0 Å². The predicted octanol–water partition coefficient (Wildman–Crippen LogP) is 4.69. The van der Waals surface area contributed by atoms with Crippen LogP contribution in [0.25, 0.3) is 10.8 Å². The number of fused-ring (bicyclic) bond motifs is 1. The molecule has 104 valence electrons. The van der Waals surface area contributed by atoms with Crippen LogP contribution in [0.4, 0.5) is 0 Å². The number of aromatic carboxylic acids is 1. The topological polar surface area (TPSA) is 37.3 Å². The van der Waals surface area contributed by atoms with Gasteiger partial charge in [0.15, 0.2) is 0 Å². The van der Waals surface area contributed by atoms with Crippen molar-refractivity contribution in [2.24, 2.45) is 0 Å². The summed E-state index contributed by atoms with van der Waals surface area (Å²) in [7, 11) is 0. The van der Waals surface area contributed by atoms with Gasteiger partial charge in [-0.1, -0.05) is 73.7 Å². The van der Waals surface area contributed by atoms with Crippen LogP contribution >= 0.6 is 0 Å². The van der Waals surface area contributed by atoms with E-state index in [1.165, 1.54) is 0 Å². The summed E-state index contributed by atoms with van der Waals surface area (Å²) in [5.74, 6) is -0.827. The first-order valence-corrected chi connectivity index (χ1v) is 6.98. The average Bonchev–Trinajstić information content (AvgIpc) is 2.53. The summed E-state index contributed by atoms with van der Waals surface area (Å²) in [5, 5.41) is 11.4. The van der Waals surface area contributed by atoms with Crippen molar-refractivity contribution in [1.29, 1.82) is 0 Å². The Morgan fingerprint density at radius 2 is 1.57 bits per heavy atom. The summed E-state index contributed by atoms with van der Waals surface area (Å²) >= 11 is 0. The molecule has 3 rings (SSSR count). The number of carbonyl (C=O) groups is 1. The fraction of sp³-hybridized carbons (Fsp3) is 0.105. The molecule has 0 unspecified atom stereocenters. The van der Waals surface area contributed by atoms with Crippen LogP contribution in [-0.4, -0.2) is 11.1 Å². The molecule has 21 heavy (non-hydrogen) atoms. The molecule has 0 aliphatic carbocycles. The Labute approximate surface area is 123 Å². The highest BCUT2D eigenvalue weighted by atomic mass is 16.4. The van der Waals surface area contributed by atoms with Crippen molar-refractivity contribution in [3.63, 3.8) is 0 Å². The van der Waals surface area contributed by atoms with Gasteiger partial charge in [0.2, 0.25) is 0 Å². The summed E-state index contributed by atoms with van der Waals surface area (Å²) in [4.78, 5) is 11.8. The molecule has 0 heterocycles. The zero-order chi connectivity index (χ0) is 14.8. The Hall–Kier alpha value is -2.61. The Balaban J connectivity index is 2.23. The Morgan fingerprint density at radius 1 is 0.905 bits per heavy atom. The smallest absolute Gasteiger partial charge is 0.336 e. The van der Waals surface area contributed by atoms with E-state index in [1.54, 1.807) is 0 Å². The lowest BCUT2D eigenvalue weighted by molar-refractivity contribution is 0.0697. The van der Waals surface area contributed by atoms with Crippen molar-refractivity contribution in [3.8, 4) is 0 Å². The molecule has 0 spiro atoms. The Bertz CT molecular complexity index is 791. The van der Waals surface area contributed by atoms with Gasteiger partial charge in [-0.3, -0.25) is 0 Å². The van der Waals surface area contributed by atoms with Crippen LogP contribution in [0.15, 0.2) is 66.7 Å². The van der Waals surface area contributed by atoms with E-state index in [-0.39, 0.29) is 5.92 Å². The summed E-state index contributed by atoms with van der Waals surface area (Å²) in [6, 6.07) is 21.5. The van der Waals surface area contributed by atoms with Gasteiger partial charge < -0.3 is 5.11 Å². The van der Waals surface area contributed by atoms with Crippen LogP contribution in [0, 0.1) is 0 Å². The van der Waals surface area contributed by atoms with E-state index in [2.05, 4.69) is 0 Å². The summed E-state index contributed by atoms with van der Waals surface area (Å²) in [6.45, 7) is 2.05. The number of carboxylic acids is 1. The minimum atomic E-state index is -0.871.